The van der Waals surface area contributed by atoms with Crippen molar-refractivity contribution in [3.05, 3.63) is 21.3 Å². The molecule has 1 unspecified atom stereocenters. The van der Waals surface area contributed by atoms with Gasteiger partial charge in [0.05, 0.1) is 16.7 Å². The van der Waals surface area contributed by atoms with Gasteiger partial charge in [0.15, 0.2) is 0 Å². The Morgan fingerprint density at radius 3 is 2.42 bits per heavy atom. The summed E-state index contributed by atoms with van der Waals surface area (Å²) in [7, 11) is 0. The number of ether oxygens (including phenoxy) is 1. The van der Waals surface area contributed by atoms with Gasteiger partial charge in [0, 0.05) is 11.5 Å². The summed E-state index contributed by atoms with van der Waals surface area (Å²) in [6, 6.07) is 2.15. The summed E-state index contributed by atoms with van der Waals surface area (Å²) >= 11 is 8.07. The van der Waals surface area contributed by atoms with Crippen molar-refractivity contribution >= 4 is 22.9 Å². The van der Waals surface area contributed by atoms with Gasteiger partial charge in [0.2, 0.25) is 0 Å². The molecule has 0 aromatic carbocycles. The highest BCUT2D eigenvalue weighted by molar-refractivity contribution is 7.10. The number of nitrogens with one attached hydrogen (secondary N) is 1. The van der Waals surface area contributed by atoms with Crippen molar-refractivity contribution in [1.82, 2.24) is 5.32 Å². The topological polar surface area (TPSA) is 21.3 Å². The molecule has 19 heavy (non-hydrogen) atoms. The Hall–Kier alpha value is -0.0900. The molecule has 0 radical (unpaired) electrons. The van der Waals surface area contributed by atoms with Gasteiger partial charge in [-0.2, -0.15) is 0 Å². The van der Waals surface area contributed by atoms with Gasteiger partial charge in [0.25, 0.3) is 0 Å². The van der Waals surface area contributed by atoms with Crippen molar-refractivity contribution < 1.29 is 4.74 Å². The van der Waals surface area contributed by atoms with Crippen LogP contribution >= 0.6 is 22.9 Å². The molecular weight excluding hydrogens is 278 g/mol. The standard InChI is InChI=1S/C15H26ClNOS/c1-5-10-17-14(13-12(16)9-11-19-13)15(6-2,7-3)18-8-4/h9,11,14,17H,5-8,10H2,1-4H3. The van der Waals surface area contributed by atoms with E-state index in [0.717, 1.165) is 37.4 Å². The molecule has 0 spiro atoms. The maximum Gasteiger partial charge on any atom is 0.0879 e. The van der Waals surface area contributed by atoms with E-state index in [1.165, 1.54) is 4.88 Å². The Labute approximate surface area is 126 Å². The van der Waals surface area contributed by atoms with E-state index in [4.69, 9.17) is 16.3 Å². The van der Waals surface area contributed by atoms with E-state index in [0.29, 0.717) is 0 Å². The monoisotopic (exact) mass is 303 g/mol. The minimum Gasteiger partial charge on any atom is -0.373 e. The maximum absolute atomic E-state index is 6.35. The average molecular weight is 304 g/mol. The van der Waals surface area contributed by atoms with Crippen LogP contribution in [0, 0.1) is 0 Å². The fourth-order valence-electron chi connectivity index (χ4n) is 2.55. The average Bonchev–Trinajstić information content (AvgIpc) is 2.84. The first-order valence-electron chi connectivity index (χ1n) is 7.25. The molecule has 110 valence electrons. The van der Waals surface area contributed by atoms with Gasteiger partial charge in [-0.15, -0.1) is 11.3 Å². The zero-order valence-electron chi connectivity index (χ0n) is 12.5. The van der Waals surface area contributed by atoms with E-state index in [2.05, 4.69) is 38.4 Å². The number of rotatable bonds is 9. The molecule has 0 saturated heterocycles. The number of halogens is 1. The molecule has 1 atom stereocenters. The van der Waals surface area contributed by atoms with Crippen molar-refractivity contribution in [1.29, 1.82) is 0 Å². The van der Waals surface area contributed by atoms with Crippen LogP contribution in [0.1, 0.15) is 57.9 Å². The van der Waals surface area contributed by atoms with Crippen molar-refractivity contribution in [2.45, 2.75) is 58.6 Å². The Kier molecular flexibility index (Phi) is 7.37. The highest BCUT2D eigenvalue weighted by atomic mass is 35.5. The molecule has 1 aromatic heterocycles. The molecule has 0 saturated carbocycles. The predicted octanol–water partition coefficient (Wildman–Crippen LogP) is 5.04. The highest BCUT2D eigenvalue weighted by Crippen LogP contribution is 2.40. The van der Waals surface area contributed by atoms with E-state index in [1.54, 1.807) is 11.3 Å². The lowest BCUT2D eigenvalue weighted by molar-refractivity contribution is -0.0724. The Bertz CT molecular complexity index is 363. The predicted molar refractivity (Wildman–Crippen MR) is 85.3 cm³/mol. The van der Waals surface area contributed by atoms with Crippen molar-refractivity contribution in [2.24, 2.45) is 0 Å². The van der Waals surface area contributed by atoms with E-state index >= 15 is 0 Å². The SMILES string of the molecule is CCCNC(c1sccc1Cl)C(CC)(CC)OCC. The van der Waals surface area contributed by atoms with Crippen LogP contribution in [0.2, 0.25) is 5.02 Å². The molecule has 0 bridgehead atoms. The van der Waals surface area contributed by atoms with Crippen molar-refractivity contribution in [3.63, 3.8) is 0 Å². The number of thiophene rings is 1. The van der Waals surface area contributed by atoms with Crippen LogP contribution in [0.4, 0.5) is 0 Å². The number of hydrogen-bond acceptors (Lipinski definition) is 3. The van der Waals surface area contributed by atoms with Crippen LogP contribution in [-0.4, -0.2) is 18.8 Å². The summed E-state index contributed by atoms with van der Waals surface area (Å²) in [4.78, 5) is 1.20. The molecule has 1 heterocycles. The minimum absolute atomic E-state index is 0.168. The Morgan fingerprint density at radius 2 is 2.00 bits per heavy atom. The van der Waals surface area contributed by atoms with Gasteiger partial charge in [-0.3, -0.25) is 0 Å². The third-order valence-electron chi connectivity index (χ3n) is 3.66. The molecule has 0 fully saturated rings. The first-order chi connectivity index (χ1) is 9.15. The third kappa shape index (κ3) is 3.94. The summed E-state index contributed by atoms with van der Waals surface area (Å²) in [5, 5.41) is 6.55. The quantitative estimate of drug-likeness (QED) is 0.690. The van der Waals surface area contributed by atoms with Gasteiger partial charge in [0.1, 0.15) is 0 Å². The highest BCUT2D eigenvalue weighted by Gasteiger charge is 2.38. The van der Waals surface area contributed by atoms with Crippen LogP contribution < -0.4 is 5.32 Å². The Morgan fingerprint density at radius 1 is 1.32 bits per heavy atom. The summed E-state index contributed by atoms with van der Waals surface area (Å²) in [5.74, 6) is 0. The van der Waals surface area contributed by atoms with E-state index in [9.17, 15) is 0 Å². The molecule has 0 amide bonds. The zero-order valence-corrected chi connectivity index (χ0v) is 14.0. The van der Waals surface area contributed by atoms with E-state index in [1.807, 2.05) is 6.07 Å². The summed E-state index contributed by atoms with van der Waals surface area (Å²) in [6.07, 6.45) is 3.06. The van der Waals surface area contributed by atoms with Gasteiger partial charge < -0.3 is 10.1 Å². The van der Waals surface area contributed by atoms with Crippen LogP contribution in [-0.2, 0) is 4.74 Å². The molecule has 0 aliphatic rings. The molecule has 0 aliphatic heterocycles. The fourth-order valence-corrected chi connectivity index (χ4v) is 3.90. The summed E-state index contributed by atoms with van der Waals surface area (Å²) in [6.45, 7) is 10.3. The normalized spacial score (nSPS) is 13.7. The summed E-state index contributed by atoms with van der Waals surface area (Å²) < 4.78 is 6.15. The lowest BCUT2D eigenvalue weighted by atomic mass is 9.87. The first-order valence-corrected chi connectivity index (χ1v) is 8.51. The second kappa shape index (κ2) is 8.25. The smallest absolute Gasteiger partial charge is 0.0879 e. The molecule has 0 aliphatic carbocycles. The molecule has 2 nitrogen and oxygen atoms in total. The second-order valence-corrected chi connectivity index (χ2v) is 6.08. The Balaban J connectivity index is 3.09. The second-order valence-electron chi connectivity index (χ2n) is 4.72. The molecular formula is C15H26ClNOS. The van der Waals surface area contributed by atoms with Gasteiger partial charge >= 0.3 is 0 Å². The molecule has 1 rings (SSSR count). The largest absolute Gasteiger partial charge is 0.373 e. The van der Waals surface area contributed by atoms with E-state index in [-0.39, 0.29) is 11.6 Å². The first kappa shape index (κ1) is 17.0. The van der Waals surface area contributed by atoms with Crippen LogP contribution in [0.25, 0.3) is 0 Å². The van der Waals surface area contributed by atoms with Crippen molar-refractivity contribution in [3.8, 4) is 0 Å². The van der Waals surface area contributed by atoms with E-state index < -0.39 is 0 Å². The molecule has 1 N–H and O–H groups in total. The maximum atomic E-state index is 6.35. The lowest BCUT2D eigenvalue weighted by Gasteiger charge is -2.39. The van der Waals surface area contributed by atoms with Gasteiger partial charge in [-0.1, -0.05) is 32.4 Å². The third-order valence-corrected chi connectivity index (χ3v) is 5.08. The van der Waals surface area contributed by atoms with Crippen LogP contribution in [0.5, 0.6) is 0 Å². The van der Waals surface area contributed by atoms with Crippen LogP contribution in [0.15, 0.2) is 11.4 Å². The van der Waals surface area contributed by atoms with Gasteiger partial charge in [-0.25, -0.2) is 0 Å². The summed E-state index contributed by atoms with van der Waals surface area (Å²) in [5.41, 5.74) is -0.168. The molecule has 1 aromatic rings. The van der Waals surface area contributed by atoms with Crippen molar-refractivity contribution in [2.75, 3.05) is 13.2 Å². The molecule has 4 heteroatoms. The minimum atomic E-state index is -0.168. The lowest BCUT2D eigenvalue weighted by Crippen LogP contribution is -2.45. The van der Waals surface area contributed by atoms with Gasteiger partial charge in [-0.05, 0) is 44.2 Å². The number of hydrogen-bond donors (Lipinski definition) is 1. The zero-order chi connectivity index (χ0) is 14.3. The fraction of sp³-hybridized carbons (Fsp3) is 0.733. The van der Waals surface area contributed by atoms with Crippen LogP contribution in [0.3, 0.4) is 0 Å².